The molecule has 0 aliphatic heterocycles. The summed E-state index contributed by atoms with van der Waals surface area (Å²) in [6.45, 7) is 2.96. The lowest BCUT2D eigenvalue weighted by Crippen LogP contribution is -2.17. The van der Waals surface area contributed by atoms with Crippen LogP contribution in [0.4, 0.5) is 22.0 Å². The van der Waals surface area contributed by atoms with Crippen molar-refractivity contribution in [1.82, 2.24) is 0 Å². The number of alkyl halides is 3. The summed E-state index contributed by atoms with van der Waals surface area (Å²) in [6, 6.07) is 9.80. The van der Waals surface area contributed by atoms with Crippen molar-refractivity contribution in [3.8, 4) is 5.75 Å². The second-order valence-electron chi connectivity index (χ2n) is 4.16. The molecule has 0 bridgehead atoms. The van der Waals surface area contributed by atoms with E-state index in [1.54, 1.807) is 19.1 Å². The van der Waals surface area contributed by atoms with E-state index < -0.39 is 18.0 Å². The van der Waals surface area contributed by atoms with E-state index in [1.165, 1.54) is 37.3 Å². The second-order valence-corrected chi connectivity index (χ2v) is 4.16. The van der Waals surface area contributed by atoms with Crippen LogP contribution in [-0.4, -0.2) is 6.36 Å². The number of benzene rings is 2. The van der Waals surface area contributed by atoms with Crippen LogP contribution in [0, 0.1) is 25.5 Å². The van der Waals surface area contributed by atoms with Crippen LogP contribution in [0.3, 0.4) is 0 Å². The summed E-state index contributed by atoms with van der Waals surface area (Å²) >= 11 is 0. The molecule has 2 aromatic rings. The van der Waals surface area contributed by atoms with Gasteiger partial charge in [-0.15, -0.1) is 13.2 Å². The van der Waals surface area contributed by atoms with Crippen molar-refractivity contribution in [2.75, 3.05) is 0 Å². The monoisotopic (exact) mass is 304 g/mol. The summed E-state index contributed by atoms with van der Waals surface area (Å²) in [5, 5.41) is 0. The number of ether oxygens (including phenoxy) is 1. The van der Waals surface area contributed by atoms with Gasteiger partial charge in [0.25, 0.3) is 0 Å². The van der Waals surface area contributed by atoms with E-state index in [0.29, 0.717) is 5.56 Å². The van der Waals surface area contributed by atoms with Gasteiger partial charge >= 0.3 is 6.36 Å². The molecule has 0 aromatic heterocycles. The van der Waals surface area contributed by atoms with Crippen LogP contribution < -0.4 is 4.74 Å². The fourth-order valence-electron chi connectivity index (χ4n) is 1.38. The van der Waals surface area contributed by atoms with E-state index in [-0.39, 0.29) is 11.3 Å². The Kier molecular flexibility index (Phi) is 5.69. The van der Waals surface area contributed by atoms with Crippen molar-refractivity contribution >= 4 is 0 Å². The van der Waals surface area contributed by atoms with Gasteiger partial charge in [0.05, 0.1) is 0 Å². The van der Waals surface area contributed by atoms with E-state index in [1.807, 2.05) is 0 Å². The van der Waals surface area contributed by atoms with Crippen LogP contribution in [-0.2, 0) is 0 Å². The van der Waals surface area contributed by atoms with Gasteiger partial charge in [-0.05, 0) is 37.6 Å². The maximum absolute atomic E-state index is 12.3. The molecule has 1 nitrogen and oxygen atoms in total. The maximum Gasteiger partial charge on any atom is 0.573 e. The van der Waals surface area contributed by atoms with Gasteiger partial charge in [0.2, 0.25) is 0 Å². The minimum absolute atomic E-state index is 0.0810. The third-order valence-corrected chi connectivity index (χ3v) is 2.52. The predicted octanol–water partition coefficient (Wildman–Crippen LogP) is 5.17. The third kappa shape index (κ3) is 5.81. The molecule has 114 valence electrons. The average molecular weight is 304 g/mol. The Morgan fingerprint density at radius 3 is 1.76 bits per heavy atom. The van der Waals surface area contributed by atoms with Crippen molar-refractivity contribution in [3.05, 3.63) is 65.2 Å². The van der Waals surface area contributed by atoms with Crippen LogP contribution in [0.2, 0.25) is 0 Å². The summed E-state index contributed by atoms with van der Waals surface area (Å²) < 4.78 is 63.5. The zero-order chi connectivity index (χ0) is 16.0. The van der Waals surface area contributed by atoms with Crippen molar-refractivity contribution in [2.45, 2.75) is 20.2 Å². The number of halogens is 5. The molecule has 0 heterocycles. The van der Waals surface area contributed by atoms with Crippen LogP contribution in [0.1, 0.15) is 11.1 Å². The van der Waals surface area contributed by atoms with Crippen LogP contribution in [0.5, 0.6) is 5.75 Å². The highest BCUT2D eigenvalue weighted by atomic mass is 19.4. The first-order chi connectivity index (χ1) is 9.70. The quantitative estimate of drug-likeness (QED) is 0.661. The molecule has 0 radical (unpaired) electrons. The summed E-state index contributed by atoms with van der Waals surface area (Å²) in [5.74, 6) is -1.13. The Hall–Kier alpha value is -2.11. The lowest BCUT2D eigenvalue weighted by Gasteiger charge is -2.10. The molecule has 2 rings (SSSR count). The molecule has 0 spiro atoms. The van der Waals surface area contributed by atoms with Gasteiger partial charge < -0.3 is 4.74 Å². The predicted molar refractivity (Wildman–Crippen MR) is 69.0 cm³/mol. The molecule has 0 saturated carbocycles. The third-order valence-electron chi connectivity index (χ3n) is 2.52. The Balaban J connectivity index is 0.000000219. The first-order valence-corrected chi connectivity index (χ1v) is 5.92. The van der Waals surface area contributed by atoms with E-state index in [9.17, 15) is 22.0 Å². The van der Waals surface area contributed by atoms with Crippen LogP contribution in [0.25, 0.3) is 0 Å². The fraction of sp³-hybridized carbons (Fsp3) is 0.200. The topological polar surface area (TPSA) is 9.23 Å². The van der Waals surface area contributed by atoms with Gasteiger partial charge in [0, 0.05) is 5.56 Å². The SMILES string of the molecule is Cc1c(F)cccc1F.Cc1ccccc1OC(F)(F)F. The molecule has 0 fully saturated rings. The Morgan fingerprint density at radius 1 is 0.810 bits per heavy atom. The number of aryl methyl sites for hydroxylation is 1. The molecule has 0 saturated heterocycles. The first-order valence-electron chi connectivity index (χ1n) is 5.92. The zero-order valence-electron chi connectivity index (χ0n) is 11.3. The molecule has 0 aliphatic rings. The molecule has 0 amide bonds. The summed E-state index contributed by atoms with van der Waals surface area (Å²) in [4.78, 5) is 0. The van der Waals surface area contributed by atoms with Crippen LogP contribution in [0.15, 0.2) is 42.5 Å². The molecule has 2 aromatic carbocycles. The summed E-state index contributed by atoms with van der Waals surface area (Å²) in [5.41, 5.74) is 0.548. The van der Waals surface area contributed by atoms with Gasteiger partial charge in [0.15, 0.2) is 0 Å². The maximum atomic E-state index is 12.3. The first kappa shape index (κ1) is 16.9. The van der Waals surface area contributed by atoms with E-state index in [2.05, 4.69) is 4.74 Å². The number of hydrogen-bond donors (Lipinski definition) is 0. The second kappa shape index (κ2) is 7.06. The van der Waals surface area contributed by atoms with Gasteiger partial charge in [0.1, 0.15) is 17.4 Å². The molecular weight excluding hydrogens is 291 g/mol. The molecule has 0 atom stereocenters. The van der Waals surface area contributed by atoms with Gasteiger partial charge in [-0.25, -0.2) is 8.78 Å². The standard InChI is InChI=1S/C8H7F3O.C7H6F2/c1-6-4-2-3-5-7(6)12-8(9,10)11;1-5-6(8)3-2-4-7(5)9/h2-5H,1H3;2-4H,1H3. The largest absolute Gasteiger partial charge is 0.573 e. The highest BCUT2D eigenvalue weighted by Crippen LogP contribution is 2.25. The van der Waals surface area contributed by atoms with Gasteiger partial charge in [-0.1, -0.05) is 24.3 Å². The Morgan fingerprint density at radius 2 is 1.33 bits per heavy atom. The Labute approximate surface area is 119 Å². The van der Waals surface area contributed by atoms with E-state index in [4.69, 9.17) is 0 Å². The zero-order valence-corrected chi connectivity index (χ0v) is 11.3. The smallest absolute Gasteiger partial charge is 0.406 e. The van der Waals surface area contributed by atoms with Crippen molar-refractivity contribution < 1.29 is 26.7 Å². The normalized spacial score (nSPS) is 10.6. The summed E-state index contributed by atoms with van der Waals surface area (Å²) in [7, 11) is 0. The summed E-state index contributed by atoms with van der Waals surface area (Å²) in [6.07, 6.45) is -4.61. The van der Waals surface area contributed by atoms with Crippen LogP contribution >= 0.6 is 0 Å². The lowest BCUT2D eigenvalue weighted by atomic mass is 10.2. The lowest BCUT2D eigenvalue weighted by molar-refractivity contribution is -0.274. The number of rotatable bonds is 1. The van der Waals surface area contributed by atoms with Crippen molar-refractivity contribution in [3.63, 3.8) is 0 Å². The van der Waals surface area contributed by atoms with Gasteiger partial charge in [-0.2, -0.15) is 0 Å². The van der Waals surface area contributed by atoms with E-state index >= 15 is 0 Å². The fourth-order valence-corrected chi connectivity index (χ4v) is 1.38. The Bertz CT molecular complexity index is 573. The van der Waals surface area contributed by atoms with Crippen molar-refractivity contribution in [1.29, 1.82) is 0 Å². The highest BCUT2D eigenvalue weighted by molar-refractivity contribution is 5.31. The number of para-hydroxylation sites is 1. The van der Waals surface area contributed by atoms with E-state index in [0.717, 1.165) is 0 Å². The van der Waals surface area contributed by atoms with Gasteiger partial charge in [-0.3, -0.25) is 0 Å². The molecule has 0 aliphatic carbocycles. The molecule has 0 N–H and O–H groups in total. The minimum Gasteiger partial charge on any atom is -0.406 e. The number of hydrogen-bond acceptors (Lipinski definition) is 1. The molecule has 21 heavy (non-hydrogen) atoms. The molecule has 0 unspecified atom stereocenters. The van der Waals surface area contributed by atoms with Crippen molar-refractivity contribution in [2.24, 2.45) is 0 Å². The highest BCUT2D eigenvalue weighted by Gasteiger charge is 2.31. The minimum atomic E-state index is -4.61. The molecular formula is C15H13F5O. The molecule has 6 heteroatoms. The average Bonchev–Trinajstić information content (AvgIpc) is 2.38.